The van der Waals surface area contributed by atoms with Gasteiger partial charge in [0.2, 0.25) is 10.0 Å². The Morgan fingerprint density at radius 1 is 0.955 bits per heavy atom. The van der Waals surface area contributed by atoms with Gasteiger partial charge in [-0.05, 0) is 59.0 Å². The van der Waals surface area contributed by atoms with Crippen LogP contribution >= 0.6 is 0 Å². The van der Waals surface area contributed by atoms with Crippen molar-refractivity contribution in [2.24, 2.45) is 0 Å². The van der Waals surface area contributed by atoms with Gasteiger partial charge >= 0.3 is 5.97 Å². The molecule has 1 saturated heterocycles. The van der Waals surface area contributed by atoms with Crippen molar-refractivity contribution in [3.05, 3.63) is 102 Å². The van der Waals surface area contributed by atoms with Gasteiger partial charge in [0.05, 0.1) is 18.2 Å². The molecule has 0 amide bonds. The molecule has 1 aliphatic heterocycles. The zero-order chi connectivity index (χ0) is 31.6. The van der Waals surface area contributed by atoms with Gasteiger partial charge in [-0.25, -0.2) is 17.2 Å². The molecular weight excluding hydrogens is 586 g/mol. The molecule has 0 aliphatic carbocycles. The van der Waals surface area contributed by atoms with Gasteiger partial charge in [-0.3, -0.25) is 4.79 Å². The van der Waals surface area contributed by atoms with Crippen LogP contribution in [0.2, 0.25) is 0 Å². The van der Waals surface area contributed by atoms with Crippen molar-refractivity contribution >= 4 is 16.0 Å². The predicted molar refractivity (Wildman–Crippen MR) is 164 cm³/mol. The molecule has 232 valence electrons. The summed E-state index contributed by atoms with van der Waals surface area (Å²) in [5.74, 6) is -1.69. The number of carbonyl (C=O) groups is 1. The van der Waals surface area contributed by atoms with Gasteiger partial charge in [0.1, 0.15) is 22.6 Å². The van der Waals surface area contributed by atoms with Gasteiger partial charge in [-0.2, -0.15) is 4.31 Å². The van der Waals surface area contributed by atoms with Crippen LogP contribution in [0.5, 0.6) is 0 Å². The Morgan fingerprint density at radius 3 is 2.11 bits per heavy atom. The Labute approximate surface area is 256 Å². The van der Waals surface area contributed by atoms with Crippen molar-refractivity contribution < 1.29 is 31.8 Å². The average Bonchev–Trinajstić information content (AvgIpc) is 3.33. The molecule has 0 radical (unpaired) electrons. The van der Waals surface area contributed by atoms with Crippen LogP contribution in [0.1, 0.15) is 50.3 Å². The van der Waals surface area contributed by atoms with E-state index in [1.807, 2.05) is 48.7 Å². The number of aliphatic hydroxyl groups excluding tert-OH is 1. The topological polar surface area (TPSA) is 88.8 Å². The third-order valence-corrected chi connectivity index (χ3v) is 9.76. The normalized spacial score (nSPS) is 17.3. The molecule has 44 heavy (non-hydrogen) atoms. The lowest BCUT2D eigenvalue weighted by Crippen LogP contribution is -2.33. The second kappa shape index (κ2) is 13.0. The third-order valence-electron chi connectivity index (χ3n) is 7.88. The fourth-order valence-corrected chi connectivity index (χ4v) is 7.58. The first kappa shape index (κ1) is 31.6. The van der Waals surface area contributed by atoms with E-state index >= 15 is 0 Å². The van der Waals surface area contributed by atoms with E-state index < -0.39 is 39.8 Å². The minimum Gasteiger partial charge on any atom is -0.462 e. The fraction of sp³-hybridized carbons (Fsp3) is 0.324. The summed E-state index contributed by atoms with van der Waals surface area (Å²) < 4.78 is 66.3. The number of aliphatic hydroxyl groups is 1. The van der Waals surface area contributed by atoms with Crippen LogP contribution in [0.15, 0.2) is 83.8 Å². The van der Waals surface area contributed by atoms with E-state index in [0.717, 1.165) is 5.56 Å². The molecule has 10 heteroatoms. The first-order valence-electron chi connectivity index (χ1n) is 14.6. The van der Waals surface area contributed by atoms with E-state index in [-0.39, 0.29) is 36.7 Å². The SMILES string of the molecule is CC(C)c1c(S(=O)(=O)N(C)Cc2ccccc2)c(-c2ccc(F)cc2)c(-c2ccc(F)cc2)n1CC[C@@H]1C[C@@H](O)CC(=O)O1. The highest BCUT2D eigenvalue weighted by Gasteiger charge is 2.37. The lowest BCUT2D eigenvalue weighted by atomic mass is 10.00. The van der Waals surface area contributed by atoms with Crippen LogP contribution in [-0.4, -0.2) is 47.6 Å². The second-order valence-corrected chi connectivity index (χ2v) is 13.5. The van der Waals surface area contributed by atoms with Crippen LogP contribution in [0.25, 0.3) is 22.4 Å². The number of hydrogen-bond acceptors (Lipinski definition) is 5. The maximum atomic E-state index is 14.6. The van der Waals surface area contributed by atoms with Crippen LogP contribution < -0.4 is 0 Å². The molecule has 1 aliphatic rings. The number of nitrogens with zero attached hydrogens (tertiary/aromatic N) is 2. The van der Waals surface area contributed by atoms with E-state index in [0.29, 0.717) is 34.5 Å². The van der Waals surface area contributed by atoms with Crippen molar-refractivity contribution in [3.63, 3.8) is 0 Å². The molecule has 0 unspecified atom stereocenters. The molecular formula is C34H36F2N2O5S. The monoisotopic (exact) mass is 622 g/mol. The average molecular weight is 623 g/mol. The summed E-state index contributed by atoms with van der Waals surface area (Å²) in [6.45, 7) is 4.16. The van der Waals surface area contributed by atoms with Gasteiger partial charge in [-0.1, -0.05) is 56.3 Å². The summed E-state index contributed by atoms with van der Waals surface area (Å²) in [6, 6.07) is 20.7. The van der Waals surface area contributed by atoms with Crippen LogP contribution in [0.4, 0.5) is 8.78 Å². The molecule has 0 bridgehead atoms. The van der Waals surface area contributed by atoms with E-state index in [1.54, 1.807) is 24.3 Å². The van der Waals surface area contributed by atoms with Gasteiger partial charge in [0, 0.05) is 44.2 Å². The first-order valence-corrected chi connectivity index (χ1v) is 16.1. The highest BCUT2D eigenvalue weighted by Crippen LogP contribution is 2.45. The van der Waals surface area contributed by atoms with E-state index in [2.05, 4.69) is 0 Å². The Hall–Kier alpha value is -3.86. The van der Waals surface area contributed by atoms with Crippen LogP contribution in [0.3, 0.4) is 0 Å². The number of carbonyl (C=O) groups excluding carboxylic acids is 1. The molecule has 1 aromatic heterocycles. The smallest absolute Gasteiger partial charge is 0.308 e. The summed E-state index contributed by atoms with van der Waals surface area (Å²) in [6.07, 6.45) is -0.864. The summed E-state index contributed by atoms with van der Waals surface area (Å²) in [4.78, 5) is 12.2. The number of esters is 1. The number of sulfonamides is 1. The zero-order valence-electron chi connectivity index (χ0n) is 24.9. The zero-order valence-corrected chi connectivity index (χ0v) is 25.7. The second-order valence-electron chi connectivity index (χ2n) is 11.5. The highest BCUT2D eigenvalue weighted by atomic mass is 32.2. The van der Waals surface area contributed by atoms with Crippen LogP contribution in [0, 0.1) is 11.6 Å². The quantitative estimate of drug-likeness (QED) is 0.204. The molecule has 3 aromatic carbocycles. The molecule has 0 spiro atoms. The lowest BCUT2D eigenvalue weighted by molar-refractivity contribution is -0.160. The first-order chi connectivity index (χ1) is 21.0. The standard InChI is InChI=1S/C34H36F2N2O5S/c1-22(2)32-34(44(41,42)37(3)21-23-7-5-4-6-8-23)31(24-9-13-26(35)14-10-24)33(25-11-15-27(36)16-12-25)38(32)18-17-29-19-28(39)20-30(40)43-29/h4-16,22,28-29,39H,17-21H2,1-3H3/t28-,29-/m1/s1. The summed E-state index contributed by atoms with van der Waals surface area (Å²) >= 11 is 0. The lowest BCUT2D eigenvalue weighted by Gasteiger charge is -2.27. The number of hydrogen-bond donors (Lipinski definition) is 1. The van der Waals surface area contributed by atoms with Crippen molar-refractivity contribution in [1.82, 2.24) is 8.87 Å². The van der Waals surface area contributed by atoms with E-state index in [1.165, 1.54) is 35.6 Å². The van der Waals surface area contributed by atoms with Gasteiger partial charge in [0.25, 0.3) is 0 Å². The number of ether oxygens (including phenoxy) is 1. The predicted octanol–water partition coefficient (Wildman–Crippen LogP) is 6.50. The van der Waals surface area contributed by atoms with Crippen molar-refractivity contribution in [2.45, 2.75) is 69.2 Å². The van der Waals surface area contributed by atoms with E-state index in [9.17, 15) is 27.1 Å². The largest absolute Gasteiger partial charge is 0.462 e. The summed E-state index contributed by atoms with van der Waals surface area (Å²) in [5, 5.41) is 10.2. The van der Waals surface area contributed by atoms with Gasteiger partial charge in [0.15, 0.2) is 0 Å². The Balaban J connectivity index is 1.76. The molecule has 1 N–H and O–H groups in total. The molecule has 0 saturated carbocycles. The molecule has 2 heterocycles. The Bertz CT molecular complexity index is 1720. The molecule has 2 atom stereocenters. The molecule has 4 aromatic rings. The summed E-state index contributed by atoms with van der Waals surface area (Å²) in [5.41, 5.74) is 3.28. The highest BCUT2D eigenvalue weighted by molar-refractivity contribution is 7.89. The molecule has 7 nitrogen and oxygen atoms in total. The van der Waals surface area contributed by atoms with Crippen molar-refractivity contribution in [1.29, 1.82) is 0 Å². The maximum Gasteiger partial charge on any atom is 0.308 e. The Kier molecular flexibility index (Phi) is 9.34. The minimum absolute atomic E-state index is 0.0665. The van der Waals surface area contributed by atoms with Gasteiger partial charge < -0.3 is 14.4 Å². The molecule has 5 rings (SSSR count). The van der Waals surface area contributed by atoms with Gasteiger partial charge in [-0.15, -0.1) is 0 Å². The number of rotatable bonds is 10. The summed E-state index contributed by atoms with van der Waals surface area (Å²) in [7, 11) is -2.63. The number of benzene rings is 3. The fourth-order valence-electron chi connectivity index (χ4n) is 5.87. The minimum atomic E-state index is -4.16. The maximum absolute atomic E-state index is 14.6. The number of halogens is 2. The third kappa shape index (κ3) is 6.62. The van der Waals surface area contributed by atoms with Crippen LogP contribution in [-0.2, 0) is 32.6 Å². The Morgan fingerprint density at radius 2 is 1.55 bits per heavy atom. The molecule has 1 fully saturated rings. The van der Waals surface area contributed by atoms with Crippen molar-refractivity contribution in [3.8, 4) is 22.4 Å². The number of cyclic esters (lactones) is 1. The van der Waals surface area contributed by atoms with Crippen molar-refractivity contribution in [2.75, 3.05) is 7.05 Å². The number of aromatic nitrogens is 1. The van der Waals surface area contributed by atoms with E-state index in [4.69, 9.17) is 4.74 Å².